The Hall–Kier alpha value is -0.760. The molecule has 0 aliphatic carbocycles. The first kappa shape index (κ1) is 15.3. The maximum atomic E-state index is 5.76. The fraction of sp³-hybridized carbons (Fsp3) is 0.750. The van der Waals surface area contributed by atoms with Gasteiger partial charge in [0.05, 0.1) is 5.76 Å². The van der Waals surface area contributed by atoms with Gasteiger partial charge >= 0.3 is 0 Å². The minimum absolute atomic E-state index is 0.821. The van der Waals surface area contributed by atoms with E-state index in [1.165, 1.54) is 44.3 Å². The Kier molecular flexibility index (Phi) is 7.83. The smallest absolute Gasteiger partial charge is 0.100 e. The van der Waals surface area contributed by atoms with Crippen LogP contribution in [-0.2, 0) is 4.74 Å². The molecule has 18 heavy (non-hydrogen) atoms. The summed E-state index contributed by atoms with van der Waals surface area (Å²) in [4.78, 5) is 2.54. The second kappa shape index (κ2) is 9.21. The van der Waals surface area contributed by atoms with Crippen molar-refractivity contribution in [3.05, 3.63) is 23.5 Å². The molecule has 0 bridgehead atoms. The number of likely N-dealkylation sites (tertiary alicyclic amines) is 1. The van der Waals surface area contributed by atoms with Gasteiger partial charge in [0.1, 0.15) is 6.61 Å². The molecule has 0 radical (unpaired) electrons. The largest absolute Gasteiger partial charge is 0.497 e. The molecule has 1 saturated heterocycles. The predicted molar refractivity (Wildman–Crippen MR) is 78.7 cm³/mol. The molecular formula is C16H29NO. The lowest BCUT2D eigenvalue weighted by molar-refractivity contribution is 0.160. The molecule has 0 amide bonds. The number of hydrogen-bond donors (Lipinski definition) is 0. The van der Waals surface area contributed by atoms with Gasteiger partial charge in [-0.05, 0) is 52.3 Å². The van der Waals surface area contributed by atoms with Crippen molar-refractivity contribution < 1.29 is 4.74 Å². The van der Waals surface area contributed by atoms with Crippen LogP contribution in [-0.4, -0.2) is 31.1 Å². The molecule has 1 rings (SSSR count). The molecule has 0 aromatic heterocycles. The minimum Gasteiger partial charge on any atom is -0.497 e. The Balaban J connectivity index is 2.19. The van der Waals surface area contributed by atoms with Gasteiger partial charge in [-0.3, -0.25) is 4.90 Å². The molecule has 0 N–H and O–H groups in total. The fourth-order valence-corrected chi connectivity index (χ4v) is 2.12. The van der Waals surface area contributed by atoms with Gasteiger partial charge in [0, 0.05) is 6.54 Å². The van der Waals surface area contributed by atoms with Crippen LogP contribution in [0.1, 0.15) is 52.9 Å². The maximum Gasteiger partial charge on any atom is 0.100 e. The van der Waals surface area contributed by atoms with E-state index in [0.29, 0.717) is 0 Å². The molecule has 0 atom stereocenters. The Labute approximate surface area is 113 Å². The van der Waals surface area contributed by atoms with Crippen LogP contribution in [0.5, 0.6) is 0 Å². The zero-order valence-corrected chi connectivity index (χ0v) is 12.4. The number of rotatable bonds is 6. The highest BCUT2D eigenvalue weighted by Gasteiger charge is 2.08. The zero-order valence-electron chi connectivity index (χ0n) is 12.4. The minimum atomic E-state index is 0.821. The quantitative estimate of drug-likeness (QED) is 0.519. The first-order chi connectivity index (χ1) is 8.72. The van der Waals surface area contributed by atoms with Crippen molar-refractivity contribution in [2.24, 2.45) is 0 Å². The summed E-state index contributed by atoms with van der Waals surface area (Å²) in [6.45, 7) is 10.8. The molecule has 1 aliphatic rings. The topological polar surface area (TPSA) is 12.5 Å². The number of ether oxygens (including phenoxy) is 1. The van der Waals surface area contributed by atoms with E-state index in [2.05, 4.69) is 30.9 Å². The first-order valence-corrected chi connectivity index (χ1v) is 7.41. The molecular weight excluding hydrogens is 222 g/mol. The van der Waals surface area contributed by atoms with E-state index in [1.807, 2.05) is 6.92 Å². The van der Waals surface area contributed by atoms with Crippen molar-refractivity contribution in [2.75, 3.05) is 26.2 Å². The SMILES string of the molecule is CC/C(C)=C\C=C(/C)OCCN1CCCCCC1. The molecule has 0 spiro atoms. The van der Waals surface area contributed by atoms with E-state index in [1.54, 1.807) is 0 Å². The number of allylic oxidation sites excluding steroid dienone is 4. The van der Waals surface area contributed by atoms with Gasteiger partial charge in [-0.15, -0.1) is 0 Å². The van der Waals surface area contributed by atoms with E-state index in [9.17, 15) is 0 Å². The van der Waals surface area contributed by atoms with Crippen LogP contribution in [0.15, 0.2) is 23.5 Å². The van der Waals surface area contributed by atoms with Crippen LogP contribution in [0.3, 0.4) is 0 Å². The fourth-order valence-electron chi connectivity index (χ4n) is 2.12. The zero-order chi connectivity index (χ0) is 13.2. The van der Waals surface area contributed by atoms with E-state index < -0.39 is 0 Å². The molecule has 2 nitrogen and oxygen atoms in total. The lowest BCUT2D eigenvalue weighted by Gasteiger charge is -2.19. The molecule has 1 heterocycles. The first-order valence-electron chi connectivity index (χ1n) is 7.41. The van der Waals surface area contributed by atoms with Crippen LogP contribution in [0.25, 0.3) is 0 Å². The van der Waals surface area contributed by atoms with Gasteiger partial charge in [0.2, 0.25) is 0 Å². The van der Waals surface area contributed by atoms with Gasteiger partial charge in [0.15, 0.2) is 0 Å². The van der Waals surface area contributed by atoms with Crippen LogP contribution >= 0.6 is 0 Å². The Morgan fingerprint density at radius 2 is 1.72 bits per heavy atom. The molecule has 2 heteroatoms. The van der Waals surface area contributed by atoms with Gasteiger partial charge in [-0.1, -0.05) is 31.4 Å². The molecule has 0 aromatic rings. The number of nitrogens with zero attached hydrogens (tertiary/aromatic N) is 1. The molecule has 1 aliphatic heterocycles. The Morgan fingerprint density at radius 3 is 2.33 bits per heavy atom. The van der Waals surface area contributed by atoms with E-state index >= 15 is 0 Å². The second-order valence-electron chi connectivity index (χ2n) is 5.25. The predicted octanol–water partition coefficient (Wildman–Crippen LogP) is 4.14. The summed E-state index contributed by atoms with van der Waals surface area (Å²) >= 11 is 0. The summed E-state index contributed by atoms with van der Waals surface area (Å²) in [6, 6.07) is 0. The molecule has 0 aromatic carbocycles. The Morgan fingerprint density at radius 1 is 1.06 bits per heavy atom. The van der Waals surface area contributed by atoms with Crippen molar-refractivity contribution >= 4 is 0 Å². The summed E-state index contributed by atoms with van der Waals surface area (Å²) in [5.41, 5.74) is 1.39. The Bertz CT molecular complexity index is 273. The highest BCUT2D eigenvalue weighted by Crippen LogP contribution is 2.09. The van der Waals surface area contributed by atoms with Crippen LogP contribution in [0.4, 0.5) is 0 Å². The average Bonchev–Trinajstić information content (AvgIpc) is 2.64. The van der Waals surface area contributed by atoms with Crippen molar-refractivity contribution in [3.63, 3.8) is 0 Å². The third-order valence-electron chi connectivity index (χ3n) is 3.60. The summed E-state index contributed by atoms with van der Waals surface area (Å²) < 4.78 is 5.76. The van der Waals surface area contributed by atoms with Crippen LogP contribution < -0.4 is 0 Å². The average molecular weight is 251 g/mol. The summed E-state index contributed by atoms with van der Waals surface area (Å²) in [5, 5.41) is 0. The molecule has 1 fully saturated rings. The monoisotopic (exact) mass is 251 g/mol. The van der Waals surface area contributed by atoms with Crippen molar-refractivity contribution in [1.82, 2.24) is 4.90 Å². The molecule has 104 valence electrons. The third kappa shape index (κ3) is 6.85. The third-order valence-corrected chi connectivity index (χ3v) is 3.60. The van der Waals surface area contributed by atoms with Crippen LogP contribution in [0.2, 0.25) is 0 Å². The van der Waals surface area contributed by atoms with Crippen molar-refractivity contribution in [3.8, 4) is 0 Å². The van der Waals surface area contributed by atoms with Crippen molar-refractivity contribution in [1.29, 1.82) is 0 Å². The standard InChI is InChI=1S/C16H29NO/c1-4-15(2)9-10-16(3)18-14-13-17-11-7-5-6-8-12-17/h9-10H,4-8,11-14H2,1-3H3/b15-9-,16-10+. The van der Waals surface area contributed by atoms with Crippen LogP contribution in [0, 0.1) is 0 Å². The van der Waals surface area contributed by atoms with Gasteiger partial charge < -0.3 is 4.74 Å². The van der Waals surface area contributed by atoms with Gasteiger partial charge in [0.25, 0.3) is 0 Å². The summed E-state index contributed by atoms with van der Waals surface area (Å²) in [5.74, 6) is 1.03. The highest BCUT2D eigenvalue weighted by atomic mass is 16.5. The maximum absolute atomic E-state index is 5.76. The summed E-state index contributed by atoms with van der Waals surface area (Å²) in [7, 11) is 0. The lowest BCUT2D eigenvalue weighted by atomic mass is 10.2. The van der Waals surface area contributed by atoms with E-state index in [-0.39, 0.29) is 0 Å². The summed E-state index contributed by atoms with van der Waals surface area (Å²) in [6.07, 6.45) is 10.9. The number of hydrogen-bond acceptors (Lipinski definition) is 2. The van der Waals surface area contributed by atoms with Crippen molar-refractivity contribution in [2.45, 2.75) is 52.9 Å². The molecule has 0 unspecified atom stereocenters. The van der Waals surface area contributed by atoms with E-state index in [4.69, 9.17) is 4.74 Å². The van der Waals surface area contributed by atoms with Gasteiger partial charge in [-0.25, -0.2) is 0 Å². The molecule has 0 saturated carbocycles. The van der Waals surface area contributed by atoms with Gasteiger partial charge in [-0.2, -0.15) is 0 Å². The second-order valence-corrected chi connectivity index (χ2v) is 5.25. The van der Waals surface area contributed by atoms with E-state index in [0.717, 1.165) is 25.3 Å². The normalized spacial score (nSPS) is 19.7. The lowest BCUT2D eigenvalue weighted by Crippen LogP contribution is -2.28. The highest BCUT2D eigenvalue weighted by molar-refractivity contribution is 5.12.